The second-order valence-electron chi connectivity index (χ2n) is 3.66. The van der Waals surface area contributed by atoms with Crippen molar-refractivity contribution in [3.05, 3.63) is 12.2 Å². The molecule has 1 atom stereocenters. The summed E-state index contributed by atoms with van der Waals surface area (Å²) >= 11 is 0. The summed E-state index contributed by atoms with van der Waals surface area (Å²) < 4.78 is 9.55. The normalized spacial score (nSPS) is 11.5. The number of ketones is 1. The van der Waals surface area contributed by atoms with Crippen LogP contribution in [0, 0.1) is 5.92 Å². The van der Waals surface area contributed by atoms with Crippen LogP contribution in [-0.2, 0) is 23.9 Å². The summed E-state index contributed by atoms with van der Waals surface area (Å²) in [4.78, 5) is 33.4. The minimum Gasteiger partial charge on any atom is -0.462 e. The highest BCUT2D eigenvalue weighted by Crippen LogP contribution is 2.06. The Kier molecular flexibility index (Phi) is 6.86. The number of carbonyl (C=O) groups is 3. The van der Waals surface area contributed by atoms with E-state index < -0.39 is 17.9 Å². The van der Waals surface area contributed by atoms with Gasteiger partial charge in [0.1, 0.15) is 24.9 Å². The predicted molar refractivity (Wildman–Crippen MR) is 61.2 cm³/mol. The van der Waals surface area contributed by atoms with Gasteiger partial charge in [-0.05, 0) is 20.3 Å². The second-order valence-corrected chi connectivity index (χ2v) is 3.66. The Hall–Kier alpha value is -1.65. The molecule has 1 unspecified atom stereocenters. The highest BCUT2D eigenvalue weighted by atomic mass is 16.6. The van der Waals surface area contributed by atoms with Crippen LogP contribution >= 0.6 is 0 Å². The first kappa shape index (κ1) is 15.3. The zero-order chi connectivity index (χ0) is 13.4. The van der Waals surface area contributed by atoms with E-state index >= 15 is 0 Å². The minimum absolute atomic E-state index is 0.0359. The topological polar surface area (TPSA) is 69.7 Å². The largest absolute Gasteiger partial charge is 0.462 e. The van der Waals surface area contributed by atoms with Crippen LogP contribution in [0.2, 0.25) is 0 Å². The maximum atomic E-state index is 11.4. The lowest BCUT2D eigenvalue weighted by Crippen LogP contribution is -2.25. The van der Waals surface area contributed by atoms with Gasteiger partial charge in [0.2, 0.25) is 0 Å². The SMILES string of the molecule is C=C(C)C(=O)OCCOC(=O)C(CC)C(C)=O. The van der Waals surface area contributed by atoms with Crippen LogP contribution in [-0.4, -0.2) is 30.9 Å². The van der Waals surface area contributed by atoms with Crippen molar-refractivity contribution < 1.29 is 23.9 Å². The fraction of sp³-hybridized carbons (Fsp3) is 0.583. The molecule has 0 saturated carbocycles. The van der Waals surface area contributed by atoms with Crippen molar-refractivity contribution in [3.8, 4) is 0 Å². The van der Waals surface area contributed by atoms with Crippen molar-refractivity contribution in [2.45, 2.75) is 27.2 Å². The van der Waals surface area contributed by atoms with Crippen molar-refractivity contribution in [2.75, 3.05) is 13.2 Å². The van der Waals surface area contributed by atoms with Gasteiger partial charge >= 0.3 is 11.9 Å². The van der Waals surface area contributed by atoms with E-state index in [0.29, 0.717) is 6.42 Å². The Morgan fingerprint density at radius 3 is 2.06 bits per heavy atom. The quantitative estimate of drug-likeness (QED) is 0.291. The maximum Gasteiger partial charge on any atom is 0.333 e. The van der Waals surface area contributed by atoms with E-state index in [1.165, 1.54) is 13.8 Å². The van der Waals surface area contributed by atoms with Crippen LogP contribution in [0.3, 0.4) is 0 Å². The fourth-order valence-corrected chi connectivity index (χ4v) is 1.12. The number of hydrogen-bond acceptors (Lipinski definition) is 5. The van der Waals surface area contributed by atoms with Gasteiger partial charge in [-0.1, -0.05) is 13.5 Å². The van der Waals surface area contributed by atoms with E-state index in [1.807, 2.05) is 0 Å². The third kappa shape index (κ3) is 5.85. The molecule has 5 nitrogen and oxygen atoms in total. The molecule has 0 saturated heterocycles. The lowest BCUT2D eigenvalue weighted by molar-refractivity contribution is -0.155. The molecular weight excluding hydrogens is 224 g/mol. The maximum absolute atomic E-state index is 11.4. The molecule has 0 N–H and O–H groups in total. The molecular formula is C12H18O5. The zero-order valence-corrected chi connectivity index (χ0v) is 10.4. The van der Waals surface area contributed by atoms with Gasteiger partial charge < -0.3 is 9.47 Å². The Labute approximate surface area is 101 Å². The smallest absolute Gasteiger partial charge is 0.333 e. The van der Waals surface area contributed by atoms with Gasteiger partial charge in [0.15, 0.2) is 0 Å². The monoisotopic (exact) mass is 242 g/mol. The number of rotatable bonds is 7. The van der Waals surface area contributed by atoms with Crippen LogP contribution in [0.4, 0.5) is 0 Å². The van der Waals surface area contributed by atoms with Crippen LogP contribution < -0.4 is 0 Å². The molecule has 0 radical (unpaired) electrons. The van der Waals surface area contributed by atoms with E-state index in [1.54, 1.807) is 6.92 Å². The molecule has 96 valence electrons. The number of Topliss-reactive ketones (excluding diaryl/α,β-unsaturated/α-hetero) is 1. The molecule has 0 aliphatic rings. The van der Waals surface area contributed by atoms with Gasteiger partial charge in [-0.3, -0.25) is 9.59 Å². The van der Waals surface area contributed by atoms with Gasteiger partial charge in [0.25, 0.3) is 0 Å². The number of carbonyl (C=O) groups excluding carboxylic acids is 3. The van der Waals surface area contributed by atoms with Crippen LogP contribution in [0.1, 0.15) is 27.2 Å². The molecule has 0 bridgehead atoms. The van der Waals surface area contributed by atoms with E-state index in [0.717, 1.165) is 0 Å². The molecule has 0 fully saturated rings. The van der Waals surface area contributed by atoms with E-state index in [4.69, 9.17) is 9.47 Å². The van der Waals surface area contributed by atoms with Gasteiger partial charge in [0.05, 0.1) is 0 Å². The number of esters is 2. The van der Waals surface area contributed by atoms with Crippen molar-refractivity contribution in [2.24, 2.45) is 5.92 Å². The fourth-order valence-electron chi connectivity index (χ4n) is 1.12. The molecule has 0 aromatic carbocycles. The van der Waals surface area contributed by atoms with Gasteiger partial charge in [-0.2, -0.15) is 0 Å². The molecule has 17 heavy (non-hydrogen) atoms. The van der Waals surface area contributed by atoms with E-state index in [9.17, 15) is 14.4 Å². The van der Waals surface area contributed by atoms with Crippen LogP contribution in [0.5, 0.6) is 0 Å². The lowest BCUT2D eigenvalue weighted by atomic mass is 10.0. The first-order chi connectivity index (χ1) is 7.90. The van der Waals surface area contributed by atoms with Gasteiger partial charge in [-0.15, -0.1) is 0 Å². The third-order valence-electron chi connectivity index (χ3n) is 2.09. The van der Waals surface area contributed by atoms with Gasteiger partial charge in [0, 0.05) is 5.57 Å². The Morgan fingerprint density at radius 2 is 1.65 bits per heavy atom. The summed E-state index contributed by atoms with van der Waals surface area (Å²) in [6.07, 6.45) is 0.403. The molecule has 0 aliphatic carbocycles. The first-order valence-corrected chi connectivity index (χ1v) is 5.39. The Bertz CT molecular complexity index is 319. The Morgan fingerprint density at radius 1 is 1.12 bits per heavy atom. The summed E-state index contributed by atoms with van der Waals surface area (Å²) in [5.74, 6) is -2.06. The second kappa shape index (κ2) is 7.60. The summed E-state index contributed by atoms with van der Waals surface area (Å²) in [5, 5.41) is 0. The highest BCUT2D eigenvalue weighted by Gasteiger charge is 2.22. The van der Waals surface area contributed by atoms with E-state index in [-0.39, 0.29) is 24.6 Å². The Balaban J connectivity index is 3.89. The summed E-state index contributed by atoms with van der Waals surface area (Å²) in [6, 6.07) is 0. The molecule has 0 aromatic heterocycles. The van der Waals surface area contributed by atoms with Crippen molar-refractivity contribution in [1.82, 2.24) is 0 Å². The standard InChI is InChI=1S/C12H18O5/c1-5-10(9(4)13)12(15)17-7-6-16-11(14)8(2)3/h10H,2,5-7H2,1,3-4H3. The third-order valence-corrected chi connectivity index (χ3v) is 2.09. The molecule has 0 spiro atoms. The predicted octanol–water partition coefficient (Wildman–Crippen LogP) is 1.26. The van der Waals surface area contributed by atoms with Crippen molar-refractivity contribution in [1.29, 1.82) is 0 Å². The van der Waals surface area contributed by atoms with Gasteiger partial charge in [-0.25, -0.2) is 4.79 Å². The number of ether oxygens (including phenoxy) is 2. The molecule has 0 amide bonds. The van der Waals surface area contributed by atoms with Crippen LogP contribution in [0.15, 0.2) is 12.2 Å². The summed E-state index contributed by atoms with van der Waals surface area (Å²) in [5.41, 5.74) is 0.284. The summed E-state index contributed by atoms with van der Waals surface area (Å²) in [7, 11) is 0. The molecule has 0 heterocycles. The molecule has 5 heteroatoms. The average molecular weight is 242 g/mol. The molecule has 0 aromatic rings. The van der Waals surface area contributed by atoms with E-state index in [2.05, 4.69) is 6.58 Å². The van der Waals surface area contributed by atoms with Crippen molar-refractivity contribution in [3.63, 3.8) is 0 Å². The first-order valence-electron chi connectivity index (χ1n) is 5.39. The zero-order valence-electron chi connectivity index (χ0n) is 10.4. The minimum atomic E-state index is -0.730. The van der Waals surface area contributed by atoms with Crippen molar-refractivity contribution >= 4 is 17.7 Å². The lowest BCUT2D eigenvalue weighted by Gasteiger charge is -2.11. The highest BCUT2D eigenvalue weighted by molar-refractivity contribution is 5.97. The number of hydrogen-bond donors (Lipinski definition) is 0. The summed E-state index contributed by atoms with van der Waals surface area (Å²) in [6.45, 7) is 7.92. The molecule has 0 rings (SSSR count). The van der Waals surface area contributed by atoms with Crippen LogP contribution in [0.25, 0.3) is 0 Å². The average Bonchev–Trinajstić information content (AvgIpc) is 2.24. The molecule has 0 aliphatic heterocycles.